The Morgan fingerprint density at radius 1 is 1.22 bits per heavy atom. The molecule has 3 rings (SSSR count). The van der Waals surface area contributed by atoms with Gasteiger partial charge in [-0.2, -0.15) is 0 Å². The molecule has 1 atom stereocenters. The van der Waals surface area contributed by atoms with Crippen LogP contribution in [0, 0.1) is 0 Å². The van der Waals surface area contributed by atoms with Crippen LogP contribution in [0.5, 0.6) is 0 Å². The molecule has 2 aromatic carbocycles. The summed E-state index contributed by atoms with van der Waals surface area (Å²) in [5, 5.41) is 3.40. The van der Waals surface area contributed by atoms with Crippen molar-refractivity contribution in [3.63, 3.8) is 0 Å². The average Bonchev–Trinajstić information content (AvgIpc) is 2.97. The summed E-state index contributed by atoms with van der Waals surface area (Å²) in [4.78, 5) is 13.1. The summed E-state index contributed by atoms with van der Waals surface area (Å²) in [6, 6.07) is 17.9. The van der Waals surface area contributed by atoms with E-state index in [1.807, 2.05) is 59.6 Å². The lowest BCUT2D eigenvalue weighted by Crippen LogP contribution is -2.49. The van der Waals surface area contributed by atoms with Crippen LogP contribution in [0.1, 0.15) is 5.56 Å². The summed E-state index contributed by atoms with van der Waals surface area (Å²) in [6.45, 7) is 0.443. The van der Waals surface area contributed by atoms with Crippen LogP contribution in [-0.2, 0) is 16.1 Å². The smallest absolute Gasteiger partial charge is 0.254 e. The number of thioether (sulfide) groups is 1. The first-order chi connectivity index (χ1) is 11.2. The molecule has 2 aromatic rings. The highest BCUT2D eigenvalue weighted by molar-refractivity contribution is 8.00. The maximum atomic E-state index is 12.0. The minimum absolute atomic E-state index is 0.0365. The van der Waals surface area contributed by atoms with Crippen molar-refractivity contribution in [1.29, 1.82) is 0 Å². The van der Waals surface area contributed by atoms with Crippen molar-refractivity contribution in [2.24, 2.45) is 5.73 Å². The highest BCUT2D eigenvalue weighted by Gasteiger charge is 2.35. The molecular weight excluding hydrogens is 310 g/mol. The maximum Gasteiger partial charge on any atom is 0.254 e. The van der Waals surface area contributed by atoms with Gasteiger partial charge in [0.1, 0.15) is 0 Å². The van der Waals surface area contributed by atoms with E-state index in [1.165, 1.54) is 5.01 Å². The van der Waals surface area contributed by atoms with Gasteiger partial charge in [0.05, 0.1) is 18.8 Å². The van der Waals surface area contributed by atoms with Gasteiger partial charge in [0.15, 0.2) is 0 Å². The molecule has 0 fully saturated rings. The number of hydrogen-bond donors (Lipinski definition) is 1. The van der Waals surface area contributed by atoms with Crippen molar-refractivity contribution in [2.75, 3.05) is 18.6 Å². The first kappa shape index (κ1) is 15.9. The topological polar surface area (TPSA) is 58.8 Å². The monoisotopic (exact) mass is 329 g/mol. The van der Waals surface area contributed by atoms with Crippen molar-refractivity contribution >= 4 is 23.4 Å². The molecule has 1 heterocycles. The molecule has 6 heteroatoms. The van der Waals surface area contributed by atoms with Gasteiger partial charge in [-0.3, -0.25) is 9.80 Å². The molecule has 120 valence electrons. The number of nitrogens with two attached hydrogens (primary N) is 1. The minimum Gasteiger partial charge on any atom is -0.342 e. The normalized spacial score (nSPS) is 16.3. The van der Waals surface area contributed by atoms with E-state index >= 15 is 0 Å². The molecule has 2 N–H and O–H groups in total. The molecule has 5 nitrogen and oxygen atoms in total. The summed E-state index contributed by atoms with van der Waals surface area (Å²) < 4.78 is 6.05. The Morgan fingerprint density at radius 3 is 2.65 bits per heavy atom. The van der Waals surface area contributed by atoms with Crippen molar-refractivity contribution < 1.29 is 9.53 Å². The van der Waals surface area contributed by atoms with Crippen molar-refractivity contribution in [3.05, 3.63) is 60.2 Å². The summed E-state index contributed by atoms with van der Waals surface area (Å²) in [6.07, 6.45) is 0. The van der Waals surface area contributed by atoms with Crippen LogP contribution < -0.4 is 10.7 Å². The minimum atomic E-state index is -0.298. The number of hydrazine groups is 1. The summed E-state index contributed by atoms with van der Waals surface area (Å²) in [5.74, 6) is -0.157. The van der Waals surface area contributed by atoms with E-state index in [1.54, 1.807) is 18.8 Å². The number of hydrogen-bond acceptors (Lipinski definition) is 5. The summed E-state index contributed by atoms with van der Waals surface area (Å²) >= 11 is 1.59. The second-order valence-corrected chi connectivity index (χ2v) is 6.23. The Morgan fingerprint density at radius 2 is 1.91 bits per heavy atom. The standard InChI is InChI=1S/C17H19N3O2S/c1-19(16(21)11-18)20-14-9-5-6-10-15(14)23-17(20)22-12-13-7-3-2-4-8-13/h2-10,17H,11-12,18H2,1H3. The van der Waals surface area contributed by atoms with Crippen LogP contribution in [0.25, 0.3) is 0 Å². The van der Waals surface area contributed by atoms with E-state index in [0.29, 0.717) is 6.61 Å². The van der Waals surface area contributed by atoms with Gasteiger partial charge in [-0.05, 0) is 17.7 Å². The van der Waals surface area contributed by atoms with E-state index in [4.69, 9.17) is 10.5 Å². The fourth-order valence-corrected chi connectivity index (χ4v) is 3.57. The number of ether oxygens (including phenoxy) is 1. The van der Waals surface area contributed by atoms with Crippen molar-refractivity contribution in [3.8, 4) is 0 Å². The molecule has 0 saturated heterocycles. The van der Waals surface area contributed by atoms with E-state index in [0.717, 1.165) is 16.1 Å². The number of rotatable bonds is 5. The fourth-order valence-electron chi connectivity index (χ4n) is 2.42. The lowest BCUT2D eigenvalue weighted by Gasteiger charge is -2.34. The molecule has 1 aliphatic heterocycles. The number of nitrogens with zero attached hydrogens (tertiary/aromatic N) is 2. The van der Waals surface area contributed by atoms with Gasteiger partial charge in [0.2, 0.25) is 5.56 Å². The highest BCUT2D eigenvalue weighted by atomic mass is 32.2. The molecule has 1 unspecified atom stereocenters. The number of anilines is 1. The number of benzene rings is 2. The largest absolute Gasteiger partial charge is 0.342 e. The van der Waals surface area contributed by atoms with Crippen molar-refractivity contribution in [2.45, 2.75) is 17.1 Å². The van der Waals surface area contributed by atoms with Crippen LogP contribution >= 0.6 is 11.8 Å². The second-order valence-electron chi connectivity index (χ2n) is 5.16. The molecule has 0 bridgehead atoms. The van der Waals surface area contributed by atoms with Gasteiger partial charge >= 0.3 is 0 Å². The Labute approximate surface area is 140 Å². The Bertz CT molecular complexity index is 681. The number of likely N-dealkylation sites (N-methyl/N-ethyl adjacent to an activating group) is 1. The molecule has 0 aliphatic carbocycles. The van der Waals surface area contributed by atoms with Crippen molar-refractivity contribution in [1.82, 2.24) is 5.01 Å². The molecule has 0 saturated carbocycles. The molecule has 0 radical (unpaired) electrons. The number of fused-ring (bicyclic) bond motifs is 1. The van der Waals surface area contributed by atoms with Gasteiger partial charge in [-0.1, -0.05) is 54.2 Å². The third-order valence-corrected chi connectivity index (χ3v) is 4.77. The SMILES string of the molecule is CN(C(=O)CN)N1c2ccccc2SC1OCc1ccccc1. The Hall–Kier alpha value is -2.02. The number of para-hydroxylation sites is 1. The molecule has 1 amide bonds. The first-order valence-electron chi connectivity index (χ1n) is 7.37. The van der Waals surface area contributed by atoms with Gasteiger partial charge in [0.25, 0.3) is 5.91 Å². The number of carbonyl (C=O) groups is 1. The van der Waals surface area contributed by atoms with E-state index < -0.39 is 0 Å². The second kappa shape index (κ2) is 7.04. The fraction of sp³-hybridized carbons (Fsp3) is 0.235. The Balaban J connectivity index is 1.80. The zero-order valence-corrected chi connectivity index (χ0v) is 13.7. The third kappa shape index (κ3) is 3.34. The summed E-state index contributed by atoms with van der Waals surface area (Å²) in [5.41, 5.74) is 7.26. The van der Waals surface area contributed by atoms with Gasteiger partial charge in [-0.15, -0.1) is 0 Å². The predicted molar refractivity (Wildman–Crippen MR) is 91.6 cm³/mol. The zero-order chi connectivity index (χ0) is 16.2. The van der Waals surface area contributed by atoms with Gasteiger partial charge in [-0.25, -0.2) is 5.01 Å². The lowest BCUT2D eigenvalue weighted by molar-refractivity contribution is -0.130. The molecular formula is C17H19N3O2S. The lowest BCUT2D eigenvalue weighted by atomic mass is 10.2. The third-order valence-electron chi connectivity index (χ3n) is 3.63. The van der Waals surface area contributed by atoms with Crippen LogP contribution in [0.15, 0.2) is 59.5 Å². The Kier molecular flexibility index (Phi) is 4.85. The van der Waals surface area contributed by atoms with E-state index in [9.17, 15) is 4.79 Å². The summed E-state index contributed by atoms with van der Waals surface area (Å²) in [7, 11) is 1.72. The number of carbonyl (C=O) groups excluding carboxylic acids is 1. The van der Waals surface area contributed by atoms with E-state index in [2.05, 4.69) is 0 Å². The first-order valence-corrected chi connectivity index (χ1v) is 8.25. The van der Waals surface area contributed by atoms with Crippen LogP contribution in [-0.4, -0.2) is 30.1 Å². The van der Waals surface area contributed by atoms with Crippen LogP contribution in [0.3, 0.4) is 0 Å². The maximum absolute atomic E-state index is 12.0. The van der Waals surface area contributed by atoms with E-state index in [-0.39, 0.29) is 18.0 Å². The van der Waals surface area contributed by atoms with Crippen LogP contribution in [0.2, 0.25) is 0 Å². The van der Waals surface area contributed by atoms with Gasteiger partial charge in [0, 0.05) is 11.9 Å². The average molecular weight is 329 g/mol. The molecule has 1 aliphatic rings. The molecule has 0 spiro atoms. The predicted octanol–water partition coefficient (Wildman–Crippen LogP) is 2.43. The quantitative estimate of drug-likeness (QED) is 0.913. The van der Waals surface area contributed by atoms with Gasteiger partial charge < -0.3 is 10.5 Å². The van der Waals surface area contributed by atoms with Crippen LogP contribution in [0.4, 0.5) is 5.69 Å². The highest BCUT2D eigenvalue weighted by Crippen LogP contribution is 2.44. The number of amides is 1. The zero-order valence-electron chi connectivity index (χ0n) is 12.9. The molecule has 23 heavy (non-hydrogen) atoms. The molecule has 0 aromatic heterocycles.